The molecule has 118 valence electrons. The Kier molecular flexibility index (Phi) is 5.63. The van der Waals surface area contributed by atoms with Crippen LogP contribution >= 0.6 is 0 Å². The molecule has 2 aromatic rings. The van der Waals surface area contributed by atoms with E-state index in [0.29, 0.717) is 11.1 Å². The van der Waals surface area contributed by atoms with Gasteiger partial charge in [-0.2, -0.15) is 0 Å². The van der Waals surface area contributed by atoms with Crippen LogP contribution in [0.25, 0.3) is 0 Å². The van der Waals surface area contributed by atoms with Crippen LogP contribution in [0.2, 0.25) is 0 Å². The summed E-state index contributed by atoms with van der Waals surface area (Å²) in [6, 6.07) is 16.0. The molecule has 5 nitrogen and oxygen atoms in total. The predicted octanol–water partition coefficient (Wildman–Crippen LogP) is 2.29. The molecule has 1 N–H and O–H groups in total. The van der Waals surface area contributed by atoms with Crippen molar-refractivity contribution in [3.63, 3.8) is 0 Å². The summed E-state index contributed by atoms with van der Waals surface area (Å²) in [6.45, 7) is 1.71. The SMILES string of the molecule is CCOC(=O)C(=O)C(NC(=O)c1ccccc1)c1ccccc1. The van der Waals surface area contributed by atoms with E-state index in [-0.39, 0.29) is 6.61 Å². The topological polar surface area (TPSA) is 72.5 Å². The van der Waals surface area contributed by atoms with Crippen molar-refractivity contribution in [1.82, 2.24) is 5.32 Å². The monoisotopic (exact) mass is 311 g/mol. The second kappa shape index (κ2) is 7.89. The molecule has 0 radical (unpaired) electrons. The molecule has 2 rings (SSSR count). The minimum Gasteiger partial charge on any atom is -0.460 e. The lowest BCUT2D eigenvalue weighted by Crippen LogP contribution is -2.38. The number of ketones is 1. The van der Waals surface area contributed by atoms with Gasteiger partial charge in [0.25, 0.3) is 11.7 Å². The van der Waals surface area contributed by atoms with Crippen molar-refractivity contribution in [2.75, 3.05) is 6.61 Å². The van der Waals surface area contributed by atoms with Crippen molar-refractivity contribution in [1.29, 1.82) is 0 Å². The van der Waals surface area contributed by atoms with Gasteiger partial charge < -0.3 is 10.1 Å². The van der Waals surface area contributed by atoms with Gasteiger partial charge in [-0.05, 0) is 24.6 Å². The summed E-state index contributed by atoms with van der Waals surface area (Å²) in [5.74, 6) is -2.20. The second-order valence-corrected chi connectivity index (χ2v) is 4.77. The third kappa shape index (κ3) is 4.26. The van der Waals surface area contributed by atoms with E-state index in [0.717, 1.165) is 0 Å². The van der Waals surface area contributed by atoms with E-state index in [1.165, 1.54) is 0 Å². The Hall–Kier alpha value is -2.95. The van der Waals surface area contributed by atoms with Crippen molar-refractivity contribution < 1.29 is 19.1 Å². The highest BCUT2D eigenvalue weighted by molar-refractivity contribution is 6.36. The third-order valence-electron chi connectivity index (χ3n) is 3.18. The first-order chi connectivity index (χ1) is 11.1. The number of esters is 1. The quantitative estimate of drug-likeness (QED) is 0.656. The molecule has 0 saturated heterocycles. The number of carbonyl (C=O) groups is 3. The van der Waals surface area contributed by atoms with Gasteiger partial charge in [-0.15, -0.1) is 0 Å². The van der Waals surface area contributed by atoms with Gasteiger partial charge in [0.1, 0.15) is 6.04 Å². The van der Waals surface area contributed by atoms with Crippen molar-refractivity contribution in [3.8, 4) is 0 Å². The first-order valence-electron chi connectivity index (χ1n) is 7.25. The highest BCUT2D eigenvalue weighted by atomic mass is 16.5. The molecule has 1 unspecified atom stereocenters. The van der Waals surface area contributed by atoms with E-state index in [1.54, 1.807) is 67.6 Å². The van der Waals surface area contributed by atoms with Gasteiger partial charge in [0.15, 0.2) is 0 Å². The van der Waals surface area contributed by atoms with E-state index < -0.39 is 23.7 Å². The Bertz CT molecular complexity index is 683. The molecule has 0 aliphatic carbocycles. The maximum atomic E-state index is 12.3. The number of Topliss-reactive ketones (excluding diaryl/α,β-unsaturated/α-hetero) is 1. The van der Waals surface area contributed by atoms with E-state index in [4.69, 9.17) is 4.74 Å². The number of ether oxygens (including phenoxy) is 1. The largest absolute Gasteiger partial charge is 0.460 e. The van der Waals surface area contributed by atoms with Crippen molar-refractivity contribution in [2.45, 2.75) is 13.0 Å². The van der Waals surface area contributed by atoms with Gasteiger partial charge in [0.05, 0.1) is 6.61 Å². The minimum absolute atomic E-state index is 0.0959. The van der Waals surface area contributed by atoms with Crippen LogP contribution in [0.15, 0.2) is 60.7 Å². The maximum absolute atomic E-state index is 12.3. The van der Waals surface area contributed by atoms with Crippen LogP contribution in [-0.2, 0) is 14.3 Å². The summed E-state index contributed by atoms with van der Waals surface area (Å²) in [6.07, 6.45) is 0. The first kappa shape index (κ1) is 16.4. The lowest BCUT2D eigenvalue weighted by atomic mass is 10.0. The normalized spacial score (nSPS) is 11.3. The average Bonchev–Trinajstić information content (AvgIpc) is 2.60. The van der Waals surface area contributed by atoms with Gasteiger partial charge >= 0.3 is 5.97 Å². The van der Waals surface area contributed by atoms with Crippen LogP contribution < -0.4 is 5.32 Å². The highest BCUT2D eigenvalue weighted by Gasteiger charge is 2.29. The van der Waals surface area contributed by atoms with Crippen LogP contribution in [-0.4, -0.2) is 24.3 Å². The fourth-order valence-electron chi connectivity index (χ4n) is 2.07. The predicted molar refractivity (Wildman–Crippen MR) is 84.7 cm³/mol. The molecule has 1 amide bonds. The molecule has 23 heavy (non-hydrogen) atoms. The number of nitrogens with one attached hydrogen (secondary N) is 1. The van der Waals surface area contributed by atoms with E-state index in [2.05, 4.69) is 5.32 Å². The molecule has 0 heterocycles. The Labute approximate surface area is 134 Å². The smallest absolute Gasteiger partial charge is 0.377 e. The molecular formula is C18H17NO4. The lowest BCUT2D eigenvalue weighted by molar-refractivity contribution is -0.154. The zero-order valence-corrected chi connectivity index (χ0v) is 12.7. The number of carbonyl (C=O) groups excluding carboxylic acids is 3. The van der Waals surface area contributed by atoms with E-state index in [1.807, 2.05) is 0 Å². The summed E-state index contributed by atoms with van der Waals surface area (Å²) in [5.41, 5.74) is 0.930. The molecule has 0 bridgehead atoms. The Morgan fingerprint density at radius 2 is 1.52 bits per heavy atom. The highest BCUT2D eigenvalue weighted by Crippen LogP contribution is 2.15. The fraction of sp³-hybridized carbons (Fsp3) is 0.167. The molecule has 0 fully saturated rings. The van der Waals surface area contributed by atoms with Gasteiger partial charge in [0, 0.05) is 5.56 Å². The van der Waals surface area contributed by atoms with Crippen molar-refractivity contribution >= 4 is 17.7 Å². The van der Waals surface area contributed by atoms with Crippen LogP contribution in [0, 0.1) is 0 Å². The minimum atomic E-state index is -1.08. The van der Waals surface area contributed by atoms with Crippen LogP contribution in [0.1, 0.15) is 28.9 Å². The van der Waals surface area contributed by atoms with Gasteiger partial charge in [-0.25, -0.2) is 4.79 Å². The Balaban J connectivity index is 2.25. The van der Waals surface area contributed by atoms with Gasteiger partial charge in [0.2, 0.25) is 0 Å². The van der Waals surface area contributed by atoms with Crippen LogP contribution in [0.4, 0.5) is 0 Å². The number of rotatable bonds is 6. The maximum Gasteiger partial charge on any atom is 0.377 e. The summed E-state index contributed by atoms with van der Waals surface area (Å²) < 4.78 is 4.75. The molecule has 0 spiro atoms. The van der Waals surface area contributed by atoms with E-state index in [9.17, 15) is 14.4 Å². The molecule has 0 aromatic heterocycles. The van der Waals surface area contributed by atoms with Crippen molar-refractivity contribution in [2.24, 2.45) is 0 Å². The summed E-state index contributed by atoms with van der Waals surface area (Å²) in [5, 5.41) is 2.60. The average molecular weight is 311 g/mol. The summed E-state index contributed by atoms with van der Waals surface area (Å²) in [7, 11) is 0. The summed E-state index contributed by atoms with van der Waals surface area (Å²) in [4.78, 5) is 36.4. The Morgan fingerprint density at radius 3 is 2.09 bits per heavy atom. The molecule has 0 aliphatic heterocycles. The third-order valence-corrected chi connectivity index (χ3v) is 3.18. The summed E-state index contributed by atoms with van der Waals surface area (Å²) >= 11 is 0. The van der Waals surface area contributed by atoms with Crippen molar-refractivity contribution in [3.05, 3.63) is 71.8 Å². The zero-order valence-electron chi connectivity index (χ0n) is 12.7. The number of hydrogen-bond donors (Lipinski definition) is 1. The van der Waals surface area contributed by atoms with Gasteiger partial charge in [-0.1, -0.05) is 48.5 Å². The Morgan fingerprint density at radius 1 is 0.957 bits per heavy atom. The number of hydrogen-bond acceptors (Lipinski definition) is 4. The standard InChI is InChI=1S/C18H17NO4/c1-2-23-18(22)16(20)15(13-9-5-3-6-10-13)19-17(21)14-11-7-4-8-12-14/h3-12,15H,2H2,1H3,(H,19,21). The molecule has 5 heteroatoms. The first-order valence-corrected chi connectivity index (χ1v) is 7.25. The zero-order chi connectivity index (χ0) is 16.7. The molecular weight excluding hydrogens is 294 g/mol. The fourth-order valence-corrected chi connectivity index (χ4v) is 2.07. The molecule has 0 saturated carbocycles. The van der Waals surface area contributed by atoms with Crippen LogP contribution in [0.3, 0.4) is 0 Å². The lowest BCUT2D eigenvalue weighted by Gasteiger charge is -2.17. The number of benzene rings is 2. The second-order valence-electron chi connectivity index (χ2n) is 4.77. The van der Waals surface area contributed by atoms with Gasteiger partial charge in [-0.3, -0.25) is 9.59 Å². The van der Waals surface area contributed by atoms with Crippen LogP contribution in [0.5, 0.6) is 0 Å². The molecule has 0 aliphatic rings. The molecule has 1 atom stereocenters. The molecule has 2 aromatic carbocycles. The van der Waals surface area contributed by atoms with E-state index >= 15 is 0 Å². The number of amides is 1.